The van der Waals surface area contributed by atoms with Gasteiger partial charge < -0.3 is 0 Å². The first-order chi connectivity index (χ1) is 9.79. The lowest BCUT2D eigenvalue weighted by atomic mass is 10.2. The molecule has 0 N–H and O–H groups in total. The van der Waals surface area contributed by atoms with Gasteiger partial charge in [0.1, 0.15) is 0 Å². The average molecular weight is 266 g/mol. The van der Waals surface area contributed by atoms with Gasteiger partial charge in [0.2, 0.25) is 0 Å². The Morgan fingerprint density at radius 3 is 2.65 bits per heavy atom. The molecule has 0 aliphatic carbocycles. The second-order valence-electron chi connectivity index (χ2n) is 4.31. The second kappa shape index (κ2) is 5.22. The molecule has 0 unspecified atom stereocenters. The van der Waals surface area contributed by atoms with Gasteiger partial charge in [-0.25, -0.2) is 15.0 Å². The van der Waals surface area contributed by atoms with Gasteiger partial charge in [0.15, 0.2) is 11.6 Å². The molecule has 0 saturated heterocycles. The molecule has 1 aromatic carbocycles. The molecule has 2 heterocycles. The van der Waals surface area contributed by atoms with Crippen LogP contribution in [-0.4, -0.2) is 29.1 Å². The third-order valence-corrected chi connectivity index (χ3v) is 3.07. The van der Waals surface area contributed by atoms with E-state index in [1.54, 1.807) is 24.6 Å². The molecular weight excluding hydrogens is 252 g/mol. The minimum Gasteiger partial charge on any atom is -0.276 e. The van der Waals surface area contributed by atoms with E-state index in [2.05, 4.69) is 15.0 Å². The van der Waals surface area contributed by atoms with Gasteiger partial charge in [0, 0.05) is 30.4 Å². The molecule has 0 aliphatic rings. The fourth-order valence-corrected chi connectivity index (χ4v) is 2.01. The topological polar surface area (TPSA) is 51.1 Å². The summed E-state index contributed by atoms with van der Waals surface area (Å²) in [5.41, 5.74) is 1.75. The lowest BCUT2D eigenvalue weighted by Gasteiger charge is -2.17. The summed E-state index contributed by atoms with van der Waals surface area (Å²) in [7, 11) is 3.43. The molecule has 0 spiro atoms. The molecule has 20 heavy (non-hydrogen) atoms. The van der Waals surface area contributed by atoms with Gasteiger partial charge >= 0.3 is 0 Å². The van der Waals surface area contributed by atoms with E-state index >= 15 is 0 Å². The number of aromatic nitrogens is 3. The van der Waals surface area contributed by atoms with Crippen molar-refractivity contribution in [3.63, 3.8) is 0 Å². The third-order valence-electron chi connectivity index (χ3n) is 3.07. The van der Waals surface area contributed by atoms with Crippen molar-refractivity contribution in [3.05, 3.63) is 48.8 Å². The molecule has 2 aromatic heterocycles. The van der Waals surface area contributed by atoms with Crippen molar-refractivity contribution in [2.75, 3.05) is 19.2 Å². The SMILES string of the molecule is CON(C)c1nc(-c2cccnc2)nc2ccccc12. The summed E-state index contributed by atoms with van der Waals surface area (Å²) < 4.78 is 0. The molecule has 0 radical (unpaired) electrons. The highest BCUT2D eigenvalue weighted by Gasteiger charge is 2.12. The molecule has 0 saturated carbocycles. The summed E-state index contributed by atoms with van der Waals surface area (Å²) in [5, 5.41) is 2.58. The Bertz CT molecular complexity index is 730. The van der Waals surface area contributed by atoms with Gasteiger partial charge in [0.25, 0.3) is 0 Å². The highest BCUT2D eigenvalue weighted by Crippen LogP contribution is 2.26. The smallest absolute Gasteiger partial charge is 0.164 e. The Balaban J connectivity index is 2.25. The van der Waals surface area contributed by atoms with Crippen LogP contribution in [0, 0.1) is 0 Å². The predicted octanol–water partition coefficient (Wildman–Crippen LogP) is 2.69. The Labute approximate surface area is 116 Å². The first-order valence-electron chi connectivity index (χ1n) is 6.24. The van der Waals surface area contributed by atoms with Crippen molar-refractivity contribution in [2.24, 2.45) is 0 Å². The van der Waals surface area contributed by atoms with Crippen molar-refractivity contribution in [3.8, 4) is 11.4 Å². The van der Waals surface area contributed by atoms with Gasteiger partial charge in [-0.2, -0.15) is 0 Å². The Morgan fingerprint density at radius 2 is 1.90 bits per heavy atom. The average Bonchev–Trinajstić information content (AvgIpc) is 2.54. The van der Waals surface area contributed by atoms with Gasteiger partial charge in [-0.1, -0.05) is 12.1 Å². The van der Waals surface area contributed by atoms with E-state index < -0.39 is 0 Å². The van der Waals surface area contributed by atoms with Crippen molar-refractivity contribution < 1.29 is 4.84 Å². The highest BCUT2D eigenvalue weighted by molar-refractivity contribution is 5.90. The van der Waals surface area contributed by atoms with Gasteiger partial charge in [-0.3, -0.25) is 9.82 Å². The van der Waals surface area contributed by atoms with Crippen molar-refractivity contribution in [1.29, 1.82) is 0 Å². The standard InChI is InChI=1S/C15H14N4O/c1-19(20-2)15-12-7-3-4-8-13(12)17-14(18-15)11-6-5-9-16-10-11/h3-10H,1-2H3. The molecule has 0 bridgehead atoms. The summed E-state index contributed by atoms with van der Waals surface area (Å²) in [4.78, 5) is 18.6. The van der Waals surface area contributed by atoms with Crippen LogP contribution in [0.5, 0.6) is 0 Å². The van der Waals surface area contributed by atoms with E-state index in [-0.39, 0.29) is 0 Å². The van der Waals surface area contributed by atoms with Crippen LogP contribution in [0.15, 0.2) is 48.8 Å². The van der Waals surface area contributed by atoms with E-state index in [1.165, 1.54) is 0 Å². The van der Waals surface area contributed by atoms with Gasteiger partial charge in [-0.05, 0) is 24.3 Å². The Kier molecular flexibility index (Phi) is 3.26. The molecule has 3 aromatic rings. The molecule has 5 nitrogen and oxygen atoms in total. The van der Waals surface area contributed by atoms with Crippen LogP contribution in [-0.2, 0) is 4.84 Å². The highest BCUT2D eigenvalue weighted by atomic mass is 16.7. The number of pyridine rings is 1. The summed E-state index contributed by atoms with van der Waals surface area (Å²) in [6, 6.07) is 11.7. The van der Waals surface area contributed by atoms with E-state index in [9.17, 15) is 0 Å². The van der Waals surface area contributed by atoms with Crippen LogP contribution in [0.2, 0.25) is 0 Å². The van der Waals surface area contributed by atoms with E-state index in [0.717, 1.165) is 22.3 Å². The van der Waals surface area contributed by atoms with Crippen molar-refractivity contribution in [1.82, 2.24) is 15.0 Å². The van der Waals surface area contributed by atoms with E-state index in [1.807, 2.05) is 43.4 Å². The van der Waals surface area contributed by atoms with Crippen LogP contribution >= 0.6 is 0 Å². The van der Waals surface area contributed by atoms with Crippen molar-refractivity contribution >= 4 is 16.7 Å². The number of para-hydroxylation sites is 1. The number of fused-ring (bicyclic) bond motifs is 1. The van der Waals surface area contributed by atoms with Crippen molar-refractivity contribution in [2.45, 2.75) is 0 Å². The zero-order valence-electron chi connectivity index (χ0n) is 11.3. The normalized spacial score (nSPS) is 10.7. The molecular formula is C15H14N4O. The minimum atomic E-state index is 0.635. The molecule has 0 aliphatic heterocycles. The van der Waals surface area contributed by atoms with Crippen LogP contribution in [0.3, 0.4) is 0 Å². The summed E-state index contributed by atoms with van der Waals surface area (Å²) >= 11 is 0. The van der Waals surface area contributed by atoms with Crippen LogP contribution in [0.4, 0.5) is 5.82 Å². The number of anilines is 1. The lowest BCUT2D eigenvalue weighted by Crippen LogP contribution is -2.17. The maximum absolute atomic E-state index is 5.26. The maximum atomic E-state index is 5.26. The molecule has 5 heteroatoms. The van der Waals surface area contributed by atoms with Gasteiger partial charge in [-0.15, -0.1) is 0 Å². The quantitative estimate of drug-likeness (QED) is 0.682. The summed E-state index contributed by atoms with van der Waals surface area (Å²) in [6.07, 6.45) is 3.48. The number of hydrogen-bond acceptors (Lipinski definition) is 5. The zero-order valence-corrected chi connectivity index (χ0v) is 11.3. The molecule has 0 amide bonds. The lowest BCUT2D eigenvalue weighted by molar-refractivity contribution is 0.183. The van der Waals surface area contributed by atoms with E-state index in [0.29, 0.717) is 5.82 Å². The molecule has 0 fully saturated rings. The largest absolute Gasteiger partial charge is 0.276 e. The summed E-state index contributed by atoms with van der Waals surface area (Å²) in [5.74, 6) is 1.37. The van der Waals surface area contributed by atoms with Gasteiger partial charge in [0.05, 0.1) is 12.6 Å². The Morgan fingerprint density at radius 1 is 1.05 bits per heavy atom. The molecule has 100 valence electrons. The zero-order chi connectivity index (χ0) is 13.9. The molecule has 0 atom stereocenters. The van der Waals surface area contributed by atoms with Crippen LogP contribution in [0.25, 0.3) is 22.3 Å². The number of hydroxylamine groups is 1. The number of nitrogens with zero attached hydrogens (tertiary/aromatic N) is 4. The first-order valence-corrected chi connectivity index (χ1v) is 6.24. The third kappa shape index (κ3) is 2.19. The predicted molar refractivity (Wildman–Crippen MR) is 78.2 cm³/mol. The monoisotopic (exact) mass is 266 g/mol. The Hall–Kier alpha value is -2.53. The number of hydrogen-bond donors (Lipinski definition) is 0. The molecule has 3 rings (SSSR count). The van der Waals surface area contributed by atoms with E-state index in [4.69, 9.17) is 4.84 Å². The fraction of sp³-hybridized carbons (Fsp3) is 0.133. The van der Waals surface area contributed by atoms with Crippen LogP contribution in [0.1, 0.15) is 0 Å². The second-order valence-corrected chi connectivity index (χ2v) is 4.31. The number of benzene rings is 1. The fourth-order valence-electron chi connectivity index (χ4n) is 2.01. The maximum Gasteiger partial charge on any atom is 0.164 e. The number of rotatable bonds is 3. The summed E-state index contributed by atoms with van der Waals surface area (Å²) in [6.45, 7) is 0. The first kappa shape index (κ1) is 12.5. The minimum absolute atomic E-state index is 0.635. The van der Waals surface area contributed by atoms with Crippen LogP contribution < -0.4 is 5.06 Å².